The molecule has 1 aromatic rings. The molecule has 0 aromatic carbocycles. The smallest absolute Gasteiger partial charge is 0.274 e. The van der Waals surface area contributed by atoms with Gasteiger partial charge in [-0.3, -0.25) is 4.79 Å². The highest BCUT2D eigenvalue weighted by Crippen LogP contribution is 2.12. The lowest BCUT2D eigenvalue weighted by atomic mass is 10.1. The molecule has 1 amide bonds. The summed E-state index contributed by atoms with van der Waals surface area (Å²) in [6, 6.07) is 3.44. The van der Waals surface area contributed by atoms with Gasteiger partial charge in [0.05, 0.1) is 5.69 Å². The molecule has 0 aliphatic heterocycles. The van der Waals surface area contributed by atoms with Gasteiger partial charge < -0.3 is 10.6 Å². The van der Waals surface area contributed by atoms with Crippen LogP contribution in [0.3, 0.4) is 0 Å². The molecule has 4 nitrogen and oxygen atoms in total. The monoisotopic (exact) mass is 235 g/mol. The Bertz CT molecular complexity index is 379. The fourth-order valence-electron chi connectivity index (χ4n) is 1.61. The zero-order valence-electron chi connectivity index (χ0n) is 10.8. The number of hydrogen-bond acceptors (Lipinski definition) is 3. The maximum absolute atomic E-state index is 12.2. The Morgan fingerprint density at radius 1 is 1.53 bits per heavy atom. The van der Waals surface area contributed by atoms with Crippen LogP contribution in [0.1, 0.15) is 37.7 Å². The highest BCUT2D eigenvalue weighted by molar-refractivity contribution is 5.97. The largest absolute Gasteiger partial charge is 0.397 e. The van der Waals surface area contributed by atoms with Gasteiger partial charge in [-0.15, -0.1) is 0 Å². The minimum absolute atomic E-state index is 0.0779. The molecule has 0 bridgehead atoms. The first kappa shape index (κ1) is 13.5. The quantitative estimate of drug-likeness (QED) is 0.851. The molecule has 1 aromatic heterocycles. The molecule has 0 radical (unpaired) electrons. The van der Waals surface area contributed by atoms with Gasteiger partial charge in [0.1, 0.15) is 0 Å². The molecule has 94 valence electrons. The number of anilines is 1. The predicted octanol–water partition coefficient (Wildman–Crippen LogP) is 2.17. The summed E-state index contributed by atoms with van der Waals surface area (Å²) in [6.45, 7) is 7.66. The second kappa shape index (κ2) is 6.23. The second-order valence-corrected chi connectivity index (χ2v) is 4.30. The first-order valence-corrected chi connectivity index (χ1v) is 6.09. The van der Waals surface area contributed by atoms with Crippen LogP contribution in [0.25, 0.3) is 0 Å². The van der Waals surface area contributed by atoms with E-state index in [0.717, 1.165) is 13.0 Å². The summed E-state index contributed by atoms with van der Waals surface area (Å²) in [4.78, 5) is 18.1. The van der Waals surface area contributed by atoms with E-state index >= 15 is 0 Å². The first-order chi connectivity index (χ1) is 8.10. The SMILES string of the molecule is CCC(C)CN(CC)C(=O)c1ncccc1N. The van der Waals surface area contributed by atoms with Crippen molar-refractivity contribution in [3.63, 3.8) is 0 Å². The number of hydrogen-bond donors (Lipinski definition) is 1. The Morgan fingerprint density at radius 2 is 2.24 bits per heavy atom. The summed E-state index contributed by atoms with van der Waals surface area (Å²) in [7, 11) is 0. The number of nitrogen functional groups attached to an aromatic ring is 1. The Balaban J connectivity index is 2.83. The molecule has 2 N–H and O–H groups in total. The Kier molecular flexibility index (Phi) is 4.94. The molecule has 4 heteroatoms. The van der Waals surface area contributed by atoms with Crippen LogP contribution < -0.4 is 5.73 Å². The number of nitrogens with two attached hydrogens (primary N) is 1. The Morgan fingerprint density at radius 3 is 2.76 bits per heavy atom. The third-order valence-electron chi connectivity index (χ3n) is 2.94. The highest BCUT2D eigenvalue weighted by atomic mass is 16.2. The standard InChI is InChI=1S/C13H21N3O/c1-4-10(3)9-16(5-2)13(17)12-11(14)7-6-8-15-12/h6-8,10H,4-5,9,14H2,1-3H3. The van der Waals surface area contributed by atoms with Gasteiger partial charge in [0.15, 0.2) is 5.69 Å². The number of carbonyl (C=O) groups is 1. The van der Waals surface area contributed by atoms with Crippen LogP contribution in [0.4, 0.5) is 5.69 Å². The molecule has 0 saturated carbocycles. The molecular weight excluding hydrogens is 214 g/mol. The predicted molar refractivity (Wildman–Crippen MR) is 69.7 cm³/mol. The van der Waals surface area contributed by atoms with Crippen LogP contribution in [0.5, 0.6) is 0 Å². The topological polar surface area (TPSA) is 59.2 Å². The van der Waals surface area contributed by atoms with E-state index in [1.807, 2.05) is 6.92 Å². The number of rotatable bonds is 5. The number of carbonyl (C=O) groups excluding carboxylic acids is 1. The highest BCUT2D eigenvalue weighted by Gasteiger charge is 2.19. The summed E-state index contributed by atoms with van der Waals surface area (Å²) in [6.07, 6.45) is 2.65. The van der Waals surface area contributed by atoms with Gasteiger partial charge in [0.25, 0.3) is 5.91 Å². The third-order valence-corrected chi connectivity index (χ3v) is 2.94. The summed E-state index contributed by atoms with van der Waals surface area (Å²) >= 11 is 0. The molecule has 0 saturated heterocycles. The third kappa shape index (κ3) is 3.44. The van der Waals surface area contributed by atoms with E-state index in [4.69, 9.17) is 5.73 Å². The van der Waals surface area contributed by atoms with E-state index in [9.17, 15) is 4.79 Å². The van der Waals surface area contributed by atoms with Crippen LogP contribution in [0.15, 0.2) is 18.3 Å². The average Bonchev–Trinajstić information content (AvgIpc) is 2.35. The van der Waals surface area contributed by atoms with Crippen molar-refractivity contribution >= 4 is 11.6 Å². The lowest BCUT2D eigenvalue weighted by molar-refractivity contribution is 0.0736. The normalized spacial score (nSPS) is 12.2. The van der Waals surface area contributed by atoms with Crippen molar-refractivity contribution in [2.45, 2.75) is 27.2 Å². The van der Waals surface area contributed by atoms with Gasteiger partial charge >= 0.3 is 0 Å². The van der Waals surface area contributed by atoms with E-state index in [0.29, 0.717) is 23.8 Å². The average molecular weight is 235 g/mol. The molecule has 0 spiro atoms. The molecular formula is C13H21N3O. The lowest BCUT2D eigenvalue weighted by Gasteiger charge is -2.24. The Labute approximate surface area is 103 Å². The van der Waals surface area contributed by atoms with E-state index in [1.165, 1.54) is 0 Å². The van der Waals surface area contributed by atoms with Crippen molar-refractivity contribution in [1.82, 2.24) is 9.88 Å². The van der Waals surface area contributed by atoms with Crippen molar-refractivity contribution in [2.75, 3.05) is 18.8 Å². The lowest BCUT2D eigenvalue weighted by Crippen LogP contribution is -2.35. The van der Waals surface area contributed by atoms with Crippen molar-refractivity contribution in [3.8, 4) is 0 Å². The zero-order chi connectivity index (χ0) is 12.8. The van der Waals surface area contributed by atoms with Crippen LogP contribution in [-0.4, -0.2) is 28.9 Å². The Hall–Kier alpha value is -1.58. The molecule has 0 fully saturated rings. The molecule has 1 unspecified atom stereocenters. The molecule has 1 atom stereocenters. The van der Waals surface area contributed by atoms with E-state index in [1.54, 1.807) is 23.2 Å². The summed E-state index contributed by atoms with van der Waals surface area (Å²) in [5.41, 5.74) is 6.57. The van der Waals surface area contributed by atoms with Crippen LogP contribution in [0.2, 0.25) is 0 Å². The van der Waals surface area contributed by atoms with Crippen LogP contribution in [0, 0.1) is 5.92 Å². The first-order valence-electron chi connectivity index (χ1n) is 6.09. The zero-order valence-corrected chi connectivity index (χ0v) is 10.8. The van der Waals surface area contributed by atoms with Crippen LogP contribution >= 0.6 is 0 Å². The fraction of sp³-hybridized carbons (Fsp3) is 0.538. The number of amides is 1. The molecule has 17 heavy (non-hydrogen) atoms. The van der Waals surface area contributed by atoms with Crippen molar-refractivity contribution in [3.05, 3.63) is 24.0 Å². The van der Waals surface area contributed by atoms with Gasteiger partial charge in [0.2, 0.25) is 0 Å². The summed E-state index contributed by atoms with van der Waals surface area (Å²) < 4.78 is 0. The summed E-state index contributed by atoms with van der Waals surface area (Å²) in [5.74, 6) is 0.412. The minimum Gasteiger partial charge on any atom is -0.397 e. The van der Waals surface area contributed by atoms with Gasteiger partial charge in [-0.05, 0) is 25.0 Å². The van der Waals surface area contributed by atoms with Gasteiger partial charge in [0, 0.05) is 19.3 Å². The van der Waals surface area contributed by atoms with E-state index in [-0.39, 0.29) is 5.91 Å². The molecule has 1 heterocycles. The van der Waals surface area contributed by atoms with Crippen LogP contribution in [-0.2, 0) is 0 Å². The maximum atomic E-state index is 12.2. The fourth-order valence-corrected chi connectivity index (χ4v) is 1.61. The second-order valence-electron chi connectivity index (χ2n) is 4.30. The van der Waals surface area contributed by atoms with Gasteiger partial charge in [-0.1, -0.05) is 20.3 Å². The van der Waals surface area contributed by atoms with Gasteiger partial charge in [-0.2, -0.15) is 0 Å². The molecule has 0 aliphatic carbocycles. The van der Waals surface area contributed by atoms with Crippen molar-refractivity contribution in [2.24, 2.45) is 5.92 Å². The van der Waals surface area contributed by atoms with E-state index < -0.39 is 0 Å². The number of nitrogens with zero attached hydrogens (tertiary/aromatic N) is 2. The van der Waals surface area contributed by atoms with Crippen molar-refractivity contribution < 1.29 is 4.79 Å². The number of pyridine rings is 1. The van der Waals surface area contributed by atoms with Crippen molar-refractivity contribution in [1.29, 1.82) is 0 Å². The molecule has 0 aliphatic rings. The number of aromatic nitrogens is 1. The summed E-state index contributed by atoms with van der Waals surface area (Å²) in [5, 5.41) is 0. The molecule has 1 rings (SSSR count). The minimum atomic E-state index is -0.0779. The van der Waals surface area contributed by atoms with Gasteiger partial charge in [-0.25, -0.2) is 4.98 Å². The van der Waals surface area contributed by atoms with E-state index in [2.05, 4.69) is 18.8 Å². The maximum Gasteiger partial charge on any atom is 0.274 e.